The van der Waals surface area contributed by atoms with Crippen molar-refractivity contribution in [2.75, 3.05) is 7.11 Å². The molecule has 60 valence electrons. The highest BCUT2D eigenvalue weighted by Gasteiger charge is 2.03. The highest BCUT2D eigenvalue weighted by atomic mass is 79.9. The maximum atomic E-state index is 12.8. The van der Waals surface area contributed by atoms with E-state index in [-0.39, 0.29) is 5.82 Å². The zero-order valence-electron chi connectivity index (χ0n) is 6.32. The summed E-state index contributed by atoms with van der Waals surface area (Å²) in [7, 11) is 1.56. The molecule has 0 N–H and O–H groups in total. The maximum Gasteiger partial charge on any atom is 0.137 e. The zero-order valence-corrected chi connectivity index (χ0v) is 7.90. The van der Waals surface area contributed by atoms with Gasteiger partial charge in [-0.25, -0.2) is 4.39 Å². The van der Waals surface area contributed by atoms with Crippen molar-refractivity contribution in [2.45, 2.75) is 6.92 Å². The monoisotopic (exact) mass is 218 g/mol. The Hall–Kier alpha value is -0.570. The predicted octanol–water partition coefficient (Wildman–Crippen LogP) is 2.91. The molecule has 0 saturated heterocycles. The van der Waals surface area contributed by atoms with Gasteiger partial charge in [-0.3, -0.25) is 0 Å². The standard InChI is InChI=1S/C8H8BrFO/c1-5-3-7(10)6(9)4-8(5)11-2/h3-4H,1-2H3. The van der Waals surface area contributed by atoms with Gasteiger partial charge in [0.25, 0.3) is 0 Å². The molecule has 0 fully saturated rings. The molecule has 0 amide bonds. The predicted molar refractivity (Wildman–Crippen MR) is 45.4 cm³/mol. The largest absolute Gasteiger partial charge is 0.496 e. The van der Waals surface area contributed by atoms with E-state index in [2.05, 4.69) is 15.9 Å². The molecule has 1 rings (SSSR count). The molecule has 0 heterocycles. The molecule has 11 heavy (non-hydrogen) atoms. The van der Waals surface area contributed by atoms with E-state index in [9.17, 15) is 4.39 Å². The summed E-state index contributed by atoms with van der Waals surface area (Å²) in [5, 5.41) is 0. The molecule has 1 aromatic carbocycles. The van der Waals surface area contributed by atoms with Crippen LogP contribution in [-0.4, -0.2) is 7.11 Å². The van der Waals surface area contributed by atoms with Gasteiger partial charge in [0.1, 0.15) is 11.6 Å². The van der Waals surface area contributed by atoms with Crippen LogP contribution in [0.1, 0.15) is 5.56 Å². The lowest BCUT2D eigenvalue weighted by molar-refractivity contribution is 0.410. The highest BCUT2D eigenvalue weighted by Crippen LogP contribution is 2.25. The normalized spacial score (nSPS) is 9.82. The molecule has 0 aliphatic heterocycles. The van der Waals surface area contributed by atoms with E-state index in [1.165, 1.54) is 6.07 Å². The number of hydrogen-bond donors (Lipinski definition) is 0. The van der Waals surface area contributed by atoms with E-state index in [4.69, 9.17) is 4.74 Å². The molecule has 0 aliphatic rings. The van der Waals surface area contributed by atoms with Crippen molar-refractivity contribution in [3.05, 3.63) is 28.0 Å². The van der Waals surface area contributed by atoms with Crippen molar-refractivity contribution in [3.63, 3.8) is 0 Å². The van der Waals surface area contributed by atoms with Gasteiger partial charge in [-0.1, -0.05) is 0 Å². The van der Waals surface area contributed by atoms with Gasteiger partial charge in [0.15, 0.2) is 0 Å². The first-order valence-electron chi connectivity index (χ1n) is 3.15. The summed E-state index contributed by atoms with van der Waals surface area (Å²) in [5.74, 6) is 0.432. The SMILES string of the molecule is COc1cc(Br)c(F)cc1C. The lowest BCUT2D eigenvalue weighted by atomic mass is 10.2. The smallest absolute Gasteiger partial charge is 0.137 e. The van der Waals surface area contributed by atoms with Crippen LogP contribution in [0.5, 0.6) is 5.75 Å². The van der Waals surface area contributed by atoms with Crippen molar-refractivity contribution in [1.29, 1.82) is 0 Å². The van der Waals surface area contributed by atoms with Crippen LogP contribution in [0.15, 0.2) is 16.6 Å². The zero-order chi connectivity index (χ0) is 8.43. The van der Waals surface area contributed by atoms with E-state index >= 15 is 0 Å². The minimum absolute atomic E-state index is 0.261. The van der Waals surface area contributed by atoms with Gasteiger partial charge in [0.05, 0.1) is 11.6 Å². The molecule has 0 aliphatic carbocycles. The van der Waals surface area contributed by atoms with Gasteiger partial charge in [-0.15, -0.1) is 0 Å². The molecular formula is C8H8BrFO. The van der Waals surface area contributed by atoms with Crippen molar-refractivity contribution < 1.29 is 9.13 Å². The van der Waals surface area contributed by atoms with Gasteiger partial charge in [-0.05, 0) is 40.5 Å². The summed E-state index contributed by atoms with van der Waals surface area (Å²) in [4.78, 5) is 0. The third-order valence-electron chi connectivity index (χ3n) is 1.44. The van der Waals surface area contributed by atoms with Crippen LogP contribution in [0.3, 0.4) is 0 Å². The first-order valence-corrected chi connectivity index (χ1v) is 3.94. The lowest BCUT2D eigenvalue weighted by Crippen LogP contribution is -1.88. The van der Waals surface area contributed by atoms with E-state index in [1.807, 2.05) is 0 Å². The second-order valence-corrected chi connectivity index (χ2v) is 3.09. The summed E-state index contributed by atoms with van der Waals surface area (Å²) >= 11 is 3.07. The first-order chi connectivity index (χ1) is 5.15. The molecule has 0 atom stereocenters. The Kier molecular flexibility index (Phi) is 2.49. The van der Waals surface area contributed by atoms with Crippen LogP contribution in [0.25, 0.3) is 0 Å². The quantitative estimate of drug-likeness (QED) is 0.705. The average Bonchev–Trinajstić information content (AvgIpc) is 1.97. The minimum atomic E-state index is -0.261. The fourth-order valence-corrected chi connectivity index (χ4v) is 1.17. The van der Waals surface area contributed by atoms with E-state index in [0.717, 1.165) is 5.56 Å². The molecule has 1 nitrogen and oxygen atoms in total. The summed E-state index contributed by atoms with van der Waals surface area (Å²) in [5.41, 5.74) is 0.799. The maximum absolute atomic E-state index is 12.8. The van der Waals surface area contributed by atoms with Crippen LogP contribution in [-0.2, 0) is 0 Å². The van der Waals surface area contributed by atoms with Crippen molar-refractivity contribution in [2.24, 2.45) is 0 Å². The van der Waals surface area contributed by atoms with Crippen molar-refractivity contribution in [3.8, 4) is 5.75 Å². The number of methoxy groups -OCH3 is 1. The second-order valence-electron chi connectivity index (χ2n) is 2.24. The van der Waals surface area contributed by atoms with Crippen LogP contribution < -0.4 is 4.74 Å². The number of halogens is 2. The molecule has 0 bridgehead atoms. The molecule has 0 radical (unpaired) electrons. The molecule has 3 heteroatoms. The van der Waals surface area contributed by atoms with Crippen molar-refractivity contribution >= 4 is 15.9 Å². The van der Waals surface area contributed by atoms with Crippen LogP contribution in [0.2, 0.25) is 0 Å². The average molecular weight is 219 g/mol. The fraction of sp³-hybridized carbons (Fsp3) is 0.250. The molecular weight excluding hydrogens is 211 g/mol. The third kappa shape index (κ3) is 1.71. The highest BCUT2D eigenvalue weighted by molar-refractivity contribution is 9.10. The molecule has 0 aromatic heterocycles. The summed E-state index contributed by atoms with van der Waals surface area (Å²) in [6.45, 7) is 1.80. The molecule has 0 spiro atoms. The summed E-state index contributed by atoms with van der Waals surface area (Å²) < 4.78 is 18.2. The third-order valence-corrected chi connectivity index (χ3v) is 2.05. The van der Waals surface area contributed by atoms with Crippen LogP contribution in [0.4, 0.5) is 4.39 Å². The Bertz CT molecular complexity index is 273. The lowest BCUT2D eigenvalue weighted by Gasteiger charge is -2.04. The van der Waals surface area contributed by atoms with Gasteiger partial charge in [0, 0.05) is 0 Å². The van der Waals surface area contributed by atoms with E-state index < -0.39 is 0 Å². The van der Waals surface area contributed by atoms with Gasteiger partial charge in [0.2, 0.25) is 0 Å². The van der Waals surface area contributed by atoms with E-state index in [1.54, 1.807) is 20.1 Å². The summed E-state index contributed by atoms with van der Waals surface area (Å²) in [6.07, 6.45) is 0. The minimum Gasteiger partial charge on any atom is -0.496 e. The molecule has 0 saturated carbocycles. The number of rotatable bonds is 1. The second kappa shape index (κ2) is 3.22. The van der Waals surface area contributed by atoms with Crippen molar-refractivity contribution in [1.82, 2.24) is 0 Å². The Morgan fingerprint density at radius 2 is 2.09 bits per heavy atom. The number of aryl methyl sites for hydroxylation is 1. The van der Waals surface area contributed by atoms with E-state index in [0.29, 0.717) is 10.2 Å². The number of benzene rings is 1. The molecule has 1 aromatic rings. The Balaban J connectivity index is 3.21. The Morgan fingerprint density at radius 1 is 1.45 bits per heavy atom. The Labute approximate surface area is 73.3 Å². The number of ether oxygens (including phenoxy) is 1. The first kappa shape index (κ1) is 8.53. The summed E-state index contributed by atoms with van der Waals surface area (Å²) in [6, 6.07) is 3.05. The van der Waals surface area contributed by atoms with Crippen LogP contribution >= 0.6 is 15.9 Å². The van der Waals surface area contributed by atoms with Gasteiger partial charge in [-0.2, -0.15) is 0 Å². The fourth-order valence-electron chi connectivity index (χ4n) is 0.848. The number of hydrogen-bond acceptors (Lipinski definition) is 1. The van der Waals surface area contributed by atoms with Crippen LogP contribution in [0, 0.1) is 12.7 Å². The molecule has 0 unspecified atom stereocenters. The topological polar surface area (TPSA) is 9.23 Å². The Morgan fingerprint density at radius 3 is 2.64 bits per heavy atom. The van der Waals surface area contributed by atoms with Gasteiger partial charge >= 0.3 is 0 Å². The van der Waals surface area contributed by atoms with Gasteiger partial charge < -0.3 is 4.74 Å².